The third kappa shape index (κ3) is 3.15. The molecule has 0 aromatic carbocycles. The quantitative estimate of drug-likeness (QED) is 0.584. The van der Waals surface area contributed by atoms with Crippen molar-refractivity contribution in [1.82, 2.24) is 9.97 Å². The van der Waals surface area contributed by atoms with Crippen LogP contribution >= 0.6 is 0 Å². The van der Waals surface area contributed by atoms with Crippen LogP contribution in [0.4, 0.5) is 11.6 Å². The second kappa shape index (κ2) is 6.19. The summed E-state index contributed by atoms with van der Waals surface area (Å²) in [4.78, 5) is 11.7. The molecule has 0 radical (unpaired) electrons. The molecule has 1 aromatic rings. The van der Waals surface area contributed by atoms with Gasteiger partial charge in [-0.2, -0.15) is 0 Å². The third-order valence-electron chi connectivity index (χ3n) is 3.50. The Hall–Kier alpha value is -1.36. The van der Waals surface area contributed by atoms with Crippen LogP contribution in [0.5, 0.6) is 0 Å². The molecule has 0 atom stereocenters. The van der Waals surface area contributed by atoms with Crippen LogP contribution in [0.25, 0.3) is 0 Å². The largest absolute Gasteiger partial charge is 0.353 e. The zero-order valence-corrected chi connectivity index (χ0v) is 12.2. The molecule has 1 heterocycles. The Kier molecular flexibility index (Phi) is 4.58. The first-order valence-electron chi connectivity index (χ1n) is 7.32. The molecular formula is C14H25N5. The predicted molar refractivity (Wildman–Crippen MR) is 79.2 cm³/mol. The molecule has 1 aliphatic rings. The van der Waals surface area contributed by atoms with Crippen molar-refractivity contribution in [1.29, 1.82) is 0 Å². The number of hydrogen-bond donors (Lipinski definition) is 2. The van der Waals surface area contributed by atoms with E-state index < -0.39 is 0 Å². The van der Waals surface area contributed by atoms with Crippen molar-refractivity contribution in [2.45, 2.75) is 58.9 Å². The van der Waals surface area contributed by atoms with E-state index in [1.165, 1.54) is 12.8 Å². The predicted octanol–water partition coefficient (Wildman–Crippen LogP) is 2.40. The van der Waals surface area contributed by atoms with E-state index in [4.69, 9.17) is 10.8 Å². The Balaban J connectivity index is 2.37. The maximum Gasteiger partial charge on any atom is 0.148 e. The van der Waals surface area contributed by atoms with E-state index in [1.54, 1.807) is 0 Å². The monoisotopic (exact) mass is 263 g/mol. The van der Waals surface area contributed by atoms with Gasteiger partial charge in [-0.15, -0.1) is 0 Å². The Morgan fingerprint density at radius 1 is 1.26 bits per heavy atom. The molecule has 1 aromatic heterocycles. The van der Waals surface area contributed by atoms with Gasteiger partial charge in [0.25, 0.3) is 0 Å². The maximum absolute atomic E-state index is 5.59. The summed E-state index contributed by atoms with van der Waals surface area (Å²) in [6, 6.07) is 0.661. The number of nitrogens with zero attached hydrogens (tertiary/aromatic N) is 3. The van der Waals surface area contributed by atoms with Gasteiger partial charge in [-0.3, -0.25) is 0 Å². The smallest absolute Gasteiger partial charge is 0.148 e. The molecule has 0 spiro atoms. The molecule has 0 saturated heterocycles. The fourth-order valence-corrected chi connectivity index (χ4v) is 2.39. The van der Waals surface area contributed by atoms with Crippen LogP contribution in [0.1, 0.15) is 50.9 Å². The average Bonchev–Trinajstić information content (AvgIpc) is 3.23. The highest BCUT2D eigenvalue weighted by molar-refractivity contribution is 5.59. The van der Waals surface area contributed by atoms with Gasteiger partial charge in [-0.05, 0) is 32.6 Å². The fourth-order valence-electron chi connectivity index (χ4n) is 2.39. The molecule has 5 nitrogen and oxygen atoms in total. The summed E-state index contributed by atoms with van der Waals surface area (Å²) in [5.41, 5.74) is 3.77. The van der Waals surface area contributed by atoms with E-state index in [0.717, 1.165) is 48.8 Å². The molecule has 1 aliphatic carbocycles. The van der Waals surface area contributed by atoms with Gasteiger partial charge in [0, 0.05) is 24.6 Å². The van der Waals surface area contributed by atoms with E-state index in [9.17, 15) is 0 Å². The van der Waals surface area contributed by atoms with E-state index in [0.29, 0.717) is 6.04 Å². The second-order valence-corrected chi connectivity index (χ2v) is 5.26. The van der Waals surface area contributed by atoms with Crippen molar-refractivity contribution in [3.63, 3.8) is 0 Å². The van der Waals surface area contributed by atoms with Crippen LogP contribution in [-0.4, -0.2) is 22.6 Å². The van der Waals surface area contributed by atoms with Crippen LogP contribution in [-0.2, 0) is 6.42 Å². The first-order chi connectivity index (χ1) is 9.21. The molecule has 0 bridgehead atoms. The summed E-state index contributed by atoms with van der Waals surface area (Å²) in [6.07, 6.45) is 5.63. The van der Waals surface area contributed by atoms with Crippen LogP contribution in [0, 0.1) is 6.92 Å². The third-order valence-corrected chi connectivity index (χ3v) is 3.50. The number of nitrogens with two attached hydrogens (primary N) is 1. The van der Waals surface area contributed by atoms with Crippen LogP contribution < -0.4 is 16.2 Å². The number of nitrogen functional groups attached to an aromatic ring is 1. The normalized spacial score (nSPS) is 14.5. The van der Waals surface area contributed by atoms with Gasteiger partial charge in [0.15, 0.2) is 0 Å². The molecule has 0 unspecified atom stereocenters. The van der Waals surface area contributed by atoms with Gasteiger partial charge in [0.05, 0.1) is 0 Å². The summed E-state index contributed by atoms with van der Waals surface area (Å²) in [5.74, 6) is 8.30. The minimum atomic E-state index is 0.661. The van der Waals surface area contributed by atoms with E-state index in [2.05, 4.69) is 29.2 Å². The van der Waals surface area contributed by atoms with E-state index in [-0.39, 0.29) is 0 Å². The number of nitrogens with one attached hydrogen (secondary N) is 1. The van der Waals surface area contributed by atoms with Gasteiger partial charge < -0.3 is 10.3 Å². The molecule has 0 amide bonds. The van der Waals surface area contributed by atoms with Gasteiger partial charge in [0.2, 0.25) is 0 Å². The zero-order valence-electron chi connectivity index (χ0n) is 12.2. The Bertz CT molecular complexity index is 428. The molecule has 1 saturated carbocycles. The molecular weight excluding hydrogens is 238 g/mol. The molecule has 3 N–H and O–H groups in total. The van der Waals surface area contributed by atoms with Crippen molar-refractivity contribution in [2.24, 2.45) is 5.84 Å². The summed E-state index contributed by atoms with van der Waals surface area (Å²) in [7, 11) is 0. The SMILES string of the molecule is CCCc1nc(NN)c(C)c(N(CCC)C2CC2)n1. The Morgan fingerprint density at radius 2 is 2.00 bits per heavy atom. The first-order valence-corrected chi connectivity index (χ1v) is 7.32. The number of hydrogen-bond acceptors (Lipinski definition) is 5. The number of aryl methyl sites for hydroxylation is 1. The molecule has 5 heteroatoms. The number of rotatable bonds is 7. The lowest BCUT2D eigenvalue weighted by molar-refractivity contribution is 0.732. The number of aromatic nitrogens is 2. The highest BCUT2D eigenvalue weighted by atomic mass is 15.3. The molecule has 106 valence electrons. The standard InChI is InChI=1S/C14H25N5/c1-4-6-12-16-13(18-15)10(3)14(17-12)19(9-5-2)11-7-8-11/h11H,4-9,15H2,1-3H3,(H,16,17,18). The highest BCUT2D eigenvalue weighted by Crippen LogP contribution is 2.34. The summed E-state index contributed by atoms with van der Waals surface area (Å²) in [6.45, 7) is 7.45. The van der Waals surface area contributed by atoms with Crippen molar-refractivity contribution in [3.05, 3.63) is 11.4 Å². The molecule has 1 fully saturated rings. The zero-order chi connectivity index (χ0) is 13.8. The van der Waals surface area contributed by atoms with Gasteiger partial charge in [0.1, 0.15) is 17.5 Å². The van der Waals surface area contributed by atoms with Crippen LogP contribution in [0.2, 0.25) is 0 Å². The minimum absolute atomic E-state index is 0.661. The van der Waals surface area contributed by atoms with Gasteiger partial charge in [-0.1, -0.05) is 13.8 Å². The van der Waals surface area contributed by atoms with Crippen molar-refractivity contribution < 1.29 is 0 Å². The molecule has 2 rings (SSSR count). The summed E-state index contributed by atoms with van der Waals surface area (Å²) in [5, 5.41) is 0. The Labute approximate surface area is 115 Å². The van der Waals surface area contributed by atoms with Gasteiger partial charge in [-0.25, -0.2) is 15.8 Å². The minimum Gasteiger partial charge on any atom is -0.353 e. The van der Waals surface area contributed by atoms with Crippen molar-refractivity contribution >= 4 is 11.6 Å². The second-order valence-electron chi connectivity index (χ2n) is 5.26. The maximum atomic E-state index is 5.59. The summed E-state index contributed by atoms with van der Waals surface area (Å²) < 4.78 is 0. The molecule has 19 heavy (non-hydrogen) atoms. The number of anilines is 2. The van der Waals surface area contributed by atoms with Crippen molar-refractivity contribution in [2.75, 3.05) is 16.9 Å². The number of hydrazine groups is 1. The van der Waals surface area contributed by atoms with E-state index >= 15 is 0 Å². The lowest BCUT2D eigenvalue weighted by Gasteiger charge is -2.26. The van der Waals surface area contributed by atoms with E-state index in [1.807, 2.05) is 6.92 Å². The Morgan fingerprint density at radius 3 is 2.53 bits per heavy atom. The highest BCUT2D eigenvalue weighted by Gasteiger charge is 2.31. The summed E-state index contributed by atoms with van der Waals surface area (Å²) >= 11 is 0. The lowest BCUT2D eigenvalue weighted by atomic mass is 10.2. The fraction of sp³-hybridized carbons (Fsp3) is 0.714. The molecule has 0 aliphatic heterocycles. The van der Waals surface area contributed by atoms with Crippen molar-refractivity contribution in [3.8, 4) is 0 Å². The van der Waals surface area contributed by atoms with Crippen LogP contribution in [0.3, 0.4) is 0 Å². The topological polar surface area (TPSA) is 67.1 Å². The first kappa shape index (κ1) is 14.1. The average molecular weight is 263 g/mol. The lowest BCUT2D eigenvalue weighted by Crippen LogP contribution is -2.29. The van der Waals surface area contributed by atoms with Crippen LogP contribution in [0.15, 0.2) is 0 Å². The van der Waals surface area contributed by atoms with Gasteiger partial charge >= 0.3 is 0 Å².